The van der Waals surface area contributed by atoms with Crippen LogP contribution in [0.2, 0.25) is 0 Å². The van der Waals surface area contributed by atoms with Crippen molar-refractivity contribution in [3.63, 3.8) is 0 Å². The predicted octanol–water partition coefficient (Wildman–Crippen LogP) is 3.90. The molecule has 5 heteroatoms. The lowest BCUT2D eigenvalue weighted by molar-refractivity contribution is 0.175. The summed E-state index contributed by atoms with van der Waals surface area (Å²) in [5.74, 6) is 2.14. The molecule has 1 aliphatic carbocycles. The van der Waals surface area contributed by atoms with Crippen LogP contribution in [-0.2, 0) is 6.42 Å². The van der Waals surface area contributed by atoms with Crippen LogP contribution < -0.4 is 4.74 Å². The van der Waals surface area contributed by atoms with Crippen LogP contribution in [0.1, 0.15) is 30.5 Å². The van der Waals surface area contributed by atoms with Crippen molar-refractivity contribution >= 4 is 0 Å². The Bertz CT molecular complexity index is 780. The Morgan fingerprint density at radius 2 is 2.12 bits per heavy atom. The summed E-state index contributed by atoms with van der Waals surface area (Å²) < 4.78 is 11.1. The Morgan fingerprint density at radius 3 is 2.83 bits per heavy atom. The van der Waals surface area contributed by atoms with Crippen LogP contribution in [0, 0.1) is 5.92 Å². The molecular formula is C19H19N3O2. The predicted molar refractivity (Wildman–Crippen MR) is 89.6 cm³/mol. The Balaban J connectivity index is 1.37. The lowest BCUT2D eigenvalue weighted by Crippen LogP contribution is -2.19. The lowest BCUT2D eigenvalue weighted by atomic mass is 9.86. The van der Waals surface area contributed by atoms with Gasteiger partial charge < -0.3 is 9.26 Å². The normalized spacial score (nSPS) is 14.3. The average Bonchev–Trinajstić information content (AvgIpc) is 3.04. The molecule has 0 aromatic carbocycles. The van der Waals surface area contributed by atoms with Gasteiger partial charge in [-0.2, -0.15) is 0 Å². The molecule has 122 valence electrons. The number of pyridine rings is 2. The second kappa shape index (κ2) is 6.83. The molecule has 0 saturated heterocycles. The molecule has 0 unspecified atom stereocenters. The number of ether oxygens (including phenoxy) is 1. The first-order valence-corrected chi connectivity index (χ1v) is 8.30. The monoisotopic (exact) mass is 321 g/mol. The van der Waals surface area contributed by atoms with E-state index in [1.807, 2.05) is 36.5 Å². The lowest BCUT2D eigenvalue weighted by Gasteiger charge is -2.24. The number of rotatable bonds is 6. The van der Waals surface area contributed by atoms with Gasteiger partial charge in [-0.1, -0.05) is 17.6 Å². The summed E-state index contributed by atoms with van der Waals surface area (Å²) in [6, 6.07) is 9.73. The first kappa shape index (κ1) is 14.9. The highest BCUT2D eigenvalue weighted by atomic mass is 16.5. The van der Waals surface area contributed by atoms with Crippen molar-refractivity contribution < 1.29 is 9.26 Å². The summed E-state index contributed by atoms with van der Waals surface area (Å²) >= 11 is 0. The van der Waals surface area contributed by atoms with Gasteiger partial charge in [0.05, 0.1) is 12.3 Å². The van der Waals surface area contributed by atoms with Gasteiger partial charge in [0, 0.05) is 42.7 Å². The standard InChI is InChI=1S/C19H19N3O2/c1-3-14(4-1)13-23-19-7-6-15(11-21-19)9-17-10-18(24-22-17)16-5-2-8-20-12-16/h2,5-8,10-12,14H,1,3-4,9,13H2. The Labute approximate surface area is 140 Å². The molecule has 5 nitrogen and oxygen atoms in total. The quantitative estimate of drug-likeness (QED) is 0.689. The topological polar surface area (TPSA) is 61.0 Å². The summed E-state index contributed by atoms with van der Waals surface area (Å²) in [6.07, 6.45) is 9.92. The van der Waals surface area contributed by atoms with Gasteiger partial charge in [0.1, 0.15) is 0 Å². The van der Waals surface area contributed by atoms with Gasteiger partial charge in [-0.25, -0.2) is 4.98 Å². The van der Waals surface area contributed by atoms with E-state index in [2.05, 4.69) is 15.1 Å². The van der Waals surface area contributed by atoms with Gasteiger partial charge >= 0.3 is 0 Å². The molecule has 3 heterocycles. The number of hydrogen-bond donors (Lipinski definition) is 0. The SMILES string of the molecule is c1cncc(-c2cc(Cc3ccc(OCC4CCC4)nc3)no2)c1. The second-order valence-electron chi connectivity index (χ2n) is 6.21. The van der Waals surface area contributed by atoms with Gasteiger partial charge in [0.2, 0.25) is 5.88 Å². The minimum absolute atomic E-state index is 0.680. The van der Waals surface area contributed by atoms with Crippen molar-refractivity contribution in [1.82, 2.24) is 15.1 Å². The molecule has 0 spiro atoms. The summed E-state index contributed by atoms with van der Waals surface area (Å²) in [6.45, 7) is 0.782. The van der Waals surface area contributed by atoms with E-state index in [4.69, 9.17) is 9.26 Å². The van der Waals surface area contributed by atoms with Crippen molar-refractivity contribution in [2.24, 2.45) is 5.92 Å². The highest BCUT2D eigenvalue weighted by Gasteiger charge is 2.18. The summed E-state index contributed by atoms with van der Waals surface area (Å²) in [5, 5.41) is 4.13. The fourth-order valence-corrected chi connectivity index (χ4v) is 2.71. The van der Waals surface area contributed by atoms with E-state index in [1.165, 1.54) is 19.3 Å². The van der Waals surface area contributed by atoms with Crippen molar-refractivity contribution in [3.8, 4) is 17.2 Å². The minimum Gasteiger partial charge on any atom is -0.477 e. The van der Waals surface area contributed by atoms with Crippen LogP contribution in [0.15, 0.2) is 53.4 Å². The summed E-state index contributed by atoms with van der Waals surface area (Å²) in [5.41, 5.74) is 2.88. The molecule has 0 N–H and O–H groups in total. The Hall–Kier alpha value is -2.69. The maximum atomic E-state index is 5.72. The van der Waals surface area contributed by atoms with Crippen LogP contribution in [0.4, 0.5) is 0 Å². The van der Waals surface area contributed by atoms with E-state index in [-0.39, 0.29) is 0 Å². The first-order chi connectivity index (χ1) is 11.9. The van der Waals surface area contributed by atoms with Crippen molar-refractivity contribution in [2.45, 2.75) is 25.7 Å². The molecule has 0 aliphatic heterocycles. The minimum atomic E-state index is 0.680. The van der Waals surface area contributed by atoms with Crippen LogP contribution >= 0.6 is 0 Å². The van der Waals surface area contributed by atoms with Crippen molar-refractivity contribution in [3.05, 3.63) is 60.2 Å². The molecule has 3 aromatic rings. The number of nitrogens with zero attached hydrogens (tertiary/aromatic N) is 3. The van der Waals surface area contributed by atoms with Gasteiger partial charge in [0.15, 0.2) is 5.76 Å². The number of aromatic nitrogens is 3. The van der Waals surface area contributed by atoms with Gasteiger partial charge in [-0.3, -0.25) is 4.98 Å². The Morgan fingerprint density at radius 1 is 1.17 bits per heavy atom. The average molecular weight is 321 g/mol. The Kier molecular flexibility index (Phi) is 4.23. The zero-order valence-corrected chi connectivity index (χ0v) is 13.4. The maximum Gasteiger partial charge on any atom is 0.213 e. The van der Waals surface area contributed by atoms with Gasteiger partial charge in [0.25, 0.3) is 0 Å². The maximum absolute atomic E-state index is 5.72. The third kappa shape index (κ3) is 3.45. The molecule has 24 heavy (non-hydrogen) atoms. The van der Waals surface area contributed by atoms with Crippen molar-refractivity contribution in [1.29, 1.82) is 0 Å². The first-order valence-electron chi connectivity index (χ1n) is 8.30. The van der Waals surface area contributed by atoms with Gasteiger partial charge in [-0.05, 0) is 36.5 Å². The van der Waals surface area contributed by atoms with Crippen LogP contribution in [-0.4, -0.2) is 21.7 Å². The third-order valence-electron chi connectivity index (χ3n) is 4.38. The molecule has 0 atom stereocenters. The van der Waals surface area contributed by atoms with E-state index in [1.54, 1.807) is 12.4 Å². The highest BCUT2D eigenvalue weighted by Crippen LogP contribution is 2.27. The van der Waals surface area contributed by atoms with Crippen LogP contribution in [0.3, 0.4) is 0 Å². The molecule has 1 aliphatic rings. The summed E-state index contributed by atoms with van der Waals surface area (Å²) in [7, 11) is 0. The smallest absolute Gasteiger partial charge is 0.213 e. The molecule has 1 fully saturated rings. The molecule has 0 radical (unpaired) electrons. The fourth-order valence-electron chi connectivity index (χ4n) is 2.71. The van der Waals surface area contributed by atoms with Gasteiger partial charge in [-0.15, -0.1) is 0 Å². The molecule has 3 aromatic heterocycles. The molecule has 0 bridgehead atoms. The van der Waals surface area contributed by atoms with E-state index in [0.717, 1.165) is 29.2 Å². The molecule has 1 saturated carbocycles. The summed E-state index contributed by atoms with van der Waals surface area (Å²) in [4.78, 5) is 8.47. The second-order valence-corrected chi connectivity index (χ2v) is 6.21. The third-order valence-corrected chi connectivity index (χ3v) is 4.38. The molecule has 0 amide bonds. The zero-order valence-electron chi connectivity index (χ0n) is 13.4. The largest absolute Gasteiger partial charge is 0.477 e. The van der Waals surface area contributed by atoms with Crippen LogP contribution in [0.5, 0.6) is 5.88 Å². The number of hydrogen-bond acceptors (Lipinski definition) is 5. The molecular weight excluding hydrogens is 302 g/mol. The van der Waals surface area contributed by atoms with Crippen molar-refractivity contribution in [2.75, 3.05) is 6.61 Å². The van der Waals surface area contributed by atoms with E-state index in [9.17, 15) is 0 Å². The van der Waals surface area contributed by atoms with Crippen LogP contribution in [0.25, 0.3) is 11.3 Å². The van der Waals surface area contributed by atoms with E-state index < -0.39 is 0 Å². The zero-order chi connectivity index (χ0) is 16.2. The fraction of sp³-hybridized carbons (Fsp3) is 0.316. The highest BCUT2D eigenvalue weighted by molar-refractivity contribution is 5.55. The van der Waals surface area contributed by atoms with E-state index in [0.29, 0.717) is 18.2 Å². The van der Waals surface area contributed by atoms with E-state index >= 15 is 0 Å². The molecule has 4 rings (SSSR count).